The molecular formula is C16H22FN3. The molecule has 0 aromatic heterocycles. The van der Waals surface area contributed by atoms with Gasteiger partial charge in [-0.25, -0.2) is 4.39 Å². The summed E-state index contributed by atoms with van der Waals surface area (Å²) < 4.78 is 12.3. The summed E-state index contributed by atoms with van der Waals surface area (Å²) in [6, 6.07) is 0. The molecule has 0 fully saturated rings. The SMILES string of the molecule is C=C(CF)CNC(=C)C(=C)/C=C\CC1C=NNC=C1C. The van der Waals surface area contributed by atoms with Gasteiger partial charge in [0.15, 0.2) is 0 Å². The summed E-state index contributed by atoms with van der Waals surface area (Å²) >= 11 is 0. The highest BCUT2D eigenvalue weighted by atomic mass is 19.1. The van der Waals surface area contributed by atoms with Crippen LogP contribution in [-0.4, -0.2) is 19.4 Å². The summed E-state index contributed by atoms with van der Waals surface area (Å²) in [6.07, 6.45) is 8.60. The molecule has 0 bridgehead atoms. The third kappa shape index (κ3) is 5.26. The summed E-state index contributed by atoms with van der Waals surface area (Å²) in [5, 5.41) is 7.02. The Morgan fingerprint density at radius 1 is 1.50 bits per heavy atom. The Labute approximate surface area is 120 Å². The number of hydrogen-bond acceptors (Lipinski definition) is 3. The normalized spacial score (nSPS) is 17.5. The van der Waals surface area contributed by atoms with E-state index in [2.05, 4.69) is 42.5 Å². The lowest BCUT2D eigenvalue weighted by Gasteiger charge is -2.14. The number of nitrogens with zero attached hydrogens (tertiary/aromatic N) is 1. The third-order valence-corrected chi connectivity index (χ3v) is 3.04. The van der Waals surface area contributed by atoms with Gasteiger partial charge in [-0.1, -0.05) is 31.9 Å². The molecular weight excluding hydrogens is 253 g/mol. The average Bonchev–Trinajstić information content (AvgIpc) is 2.46. The molecule has 1 heterocycles. The van der Waals surface area contributed by atoms with Crippen LogP contribution < -0.4 is 10.7 Å². The maximum Gasteiger partial charge on any atom is 0.112 e. The minimum atomic E-state index is -0.525. The molecule has 0 saturated heterocycles. The fraction of sp³-hybridized carbons (Fsp3) is 0.312. The zero-order valence-corrected chi connectivity index (χ0v) is 12.0. The van der Waals surface area contributed by atoms with E-state index < -0.39 is 6.67 Å². The second-order valence-electron chi connectivity index (χ2n) is 4.78. The van der Waals surface area contributed by atoms with E-state index in [-0.39, 0.29) is 0 Å². The Morgan fingerprint density at radius 3 is 2.90 bits per heavy atom. The van der Waals surface area contributed by atoms with E-state index in [0.717, 1.165) is 12.0 Å². The highest BCUT2D eigenvalue weighted by Crippen LogP contribution is 2.16. The number of nitrogens with one attached hydrogen (secondary N) is 2. The number of rotatable bonds is 8. The van der Waals surface area contributed by atoms with Gasteiger partial charge in [0.2, 0.25) is 0 Å². The monoisotopic (exact) mass is 275 g/mol. The Morgan fingerprint density at radius 2 is 2.25 bits per heavy atom. The zero-order valence-electron chi connectivity index (χ0n) is 12.0. The molecule has 0 aromatic carbocycles. The van der Waals surface area contributed by atoms with Crippen LogP contribution in [0.25, 0.3) is 0 Å². The maximum atomic E-state index is 12.3. The second kappa shape index (κ2) is 8.15. The van der Waals surface area contributed by atoms with Crippen molar-refractivity contribution >= 4 is 6.21 Å². The Balaban J connectivity index is 2.37. The van der Waals surface area contributed by atoms with E-state index >= 15 is 0 Å². The fourth-order valence-corrected chi connectivity index (χ4v) is 1.59. The Kier molecular flexibility index (Phi) is 6.50. The van der Waals surface area contributed by atoms with Gasteiger partial charge in [-0.05, 0) is 30.1 Å². The fourth-order valence-electron chi connectivity index (χ4n) is 1.59. The zero-order chi connectivity index (χ0) is 15.0. The molecule has 3 nitrogen and oxygen atoms in total. The van der Waals surface area contributed by atoms with E-state index in [1.807, 2.05) is 24.6 Å². The first-order valence-electron chi connectivity index (χ1n) is 6.51. The van der Waals surface area contributed by atoms with Crippen molar-refractivity contribution in [3.63, 3.8) is 0 Å². The number of halogens is 1. The molecule has 108 valence electrons. The van der Waals surface area contributed by atoms with E-state index in [9.17, 15) is 4.39 Å². The smallest absolute Gasteiger partial charge is 0.112 e. The van der Waals surface area contributed by atoms with Crippen LogP contribution in [-0.2, 0) is 0 Å². The quantitative estimate of drug-likeness (QED) is 0.527. The van der Waals surface area contributed by atoms with E-state index in [1.54, 1.807) is 0 Å². The Hall–Kier alpha value is -2.10. The number of hydrazone groups is 1. The van der Waals surface area contributed by atoms with Gasteiger partial charge in [0.05, 0.1) is 0 Å². The predicted molar refractivity (Wildman–Crippen MR) is 84.0 cm³/mol. The lowest BCUT2D eigenvalue weighted by Crippen LogP contribution is -2.17. The molecule has 1 rings (SSSR count). The third-order valence-electron chi connectivity index (χ3n) is 3.04. The van der Waals surface area contributed by atoms with Gasteiger partial charge < -0.3 is 5.32 Å². The van der Waals surface area contributed by atoms with Crippen molar-refractivity contribution in [3.05, 3.63) is 60.5 Å². The largest absolute Gasteiger partial charge is 0.381 e. The summed E-state index contributed by atoms with van der Waals surface area (Å²) in [7, 11) is 0. The summed E-state index contributed by atoms with van der Waals surface area (Å²) in [6.45, 7) is 13.3. The van der Waals surface area contributed by atoms with Crippen molar-refractivity contribution in [3.8, 4) is 0 Å². The summed E-state index contributed by atoms with van der Waals surface area (Å²) in [5.74, 6) is 0.313. The molecule has 1 aliphatic rings. The molecule has 20 heavy (non-hydrogen) atoms. The van der Waals surface area contributed by atoms with Crippen LogP contribution in [0.15, 0.2) is 65.6 Å². The first kappa shape index (κ1) is 16.0. The van der Waals surface area contributed by atoms with Crippen molar-refractivity contribution in [2.75, 3.05) is 13.2 Å². The van der Waals surface area contributed by atoms with Crippen molar-refractivity contribution < 1.29 is 4.39 Å². The van der Waals surface area contributed by atoms with Gasteiger partial charge in [-0.2, -0.15) is 5.10 Å². The second-order valence-corrected chi connectivity index (χ2v) is 4.78. The van der Waals surface area contributed by atoms with Crippen LogP contribution in [0.3, 0.4) is 0 Å². The topological polar surface area (TPSA) is 36.4 Å². The van der Waals surface area contributed by atoms with Crippen molar-refractivity contribution in [2.45, 2.75) is 13.3 Å². The molecule has 4 heteroatoms. The summed E-state index contributed by atoms with van der Waals surface area (Å²) in [5.41, 5.74) is 6.02. The van der Waals surface area contributed by atoms with Crippen molar-refractivity contribution in [1.29, 1.82) is 0 Å². The van der Waals surface area contributed by atoms with Gasteiger partial charge >= 0.3 is 0 Å². The number of hydrogen-bond donors (Lipinski definition) is 2. The number of alkyl halides is 1. The molecule has 0 radical (unpaired) electrons. The predicted octanol–water partition coefficient (Wildman–Crippen LogP) is 3.23. The van der Waals surface area contributed by atoms with Crippen LogP contribution >= 0.6 is 0 Å². The molecule has 0 aromatic rings. The van der Waals surface area contributed by atoms with Crippen molar-refractivity contribution in [2.24, 2.45) is 11.0 Å². The molecule has 0 aliphatic carbocycles. The van der Waals surface area contributed by atoms with Gasteiger partial charge in [0, 0.05) is 30.6 Å². The van der Waals surface area contributed by atoms with Gasteiger partial charge in [0.25, 0.3) is 0 Å². The van der Waals surface area contributed by atoms with Crippen LogP contribution in [0.4, 0.5) is 4.39 Å². The molecule has 1 aliphatic heterocycles. The number of allylic oxidation sites excluding steroid dienone is 3. The molecule has 0 spiro atoms. The maximum absolute atomic E-state index is 12.3. The lowest BCUT2D eigenvalue weighted by molar-refractivity contribution is 0.534. The minimum absolute atomic E-state index is 0.313. The molecule has 2 N–H and O–H groups in total. The van der Waals surface area contributed by atoms with Gasteiger partial charge in [-0.15, -0.1) is 0 Å². The first-order valence-corrected chi connectivity index (χ1v) is 6.51. The van der Waals surface area contributed by atoms with E-state index in [1.165, 1.54) is 5.57 Å². The van der Waals surface area contributed by atoms with Gasteiger partial charge in [-0.3, -0.25) is 5.43 Å². The van der Waals surface area contributed by atoms with E-state index in [0.29, 0.717) is 23.7 Å². The van der Waals surface area contributed by atoms with Crippen LogP contribution in [0.2, 0.25) is 0 Å². The van der Waals surface area contributed by atoms with Crippen molar-refractivity contribution in [1.82, 2.24) is 10.7 Å². The highest BCUT2D eigenvalue weighted by Gasteiger charge is 2.08. The molecule has 0 amide bonds. The standard InChI is InChI=1S/C16H22FN3/c1-12(8-17)9-18-15(4)13(2)6-5-7-16-11-20-19-10-14(16)3/h5-6,10-11,16,18-19H,1-2,4,7-9H2,3H3/b6-5-. The van der Waals surface area contributed by atoms with Gasteiger partial charge in [0.1, 0.15) is 6.67 Å². The first-order chi connectivity index (χ1) is 9.54. The minimum Gasteiger partial charge on any atom is -0.381 e. The van der Waals surface area contributed by atoms with Crippen LogP contribution in [0, 0.1) is 5.92 Å². The highest BCUT2D eigenvalue weighted by molar-refractivity contribution is 5.66. The summed E-state index contributed by atoms with van der Waals surface area (Å²) in [4.78, 5) is 0. The molecule has 1 atom stereocenters. The molecule has 0 saturated carbocycles. The molecule has 1 unspecified atom stereocenters. The lowest BCUT2D eigenvalue weighted by atomic mass is 9.97. The average molecular weight is 275 g/mol. The Bertz CT molecular complexity index is 472. The van der Waals surface area contributed by atoms with E-state index in [4.69, 9.17) is 0 Å². The van der Waals surface area contributed by atoms with Crippen LogP contribution in [0.5, 0.6) is 0 Å². The van der Waals surface area contributed by atoms with Crippen LogP contribution in [0.1, 0.15) is 13.3 Å².